The quantitative estimate of drug-likeness (QED) is 0.750. The van der Waals surface area contributed by atoms with Crippen molar-refractivity contribution < 1.29 is 22.7 Å². The van der Waals surface area contributed by atoms with Gasteiger partial charge >= 0.3 is 6.18 Å². The Balaban J connectivity index is 1.60. The zero-order chi connectivity index (χ0) is 20.9. The number of anilines is 1. The lowest BCUT2D eigenvalue weighted by molar-refractivity contribution is -0.117. The molecule has 4 nitrogen and oxygen atoms in total. The number of alkyl halides is 3. The maximum atomic E-state index is 13.4. The zero-order valence-electron chi connectivity index (χ0n) is 16.1. The summed E-state index contributed by atoms with van der Waals surface area (Å²) in [7, 11) is 1.61. The van der Waals surface area contributed by atoms with Gasteiger partial charge in [-0.3, -0.25) is 4.79 Å². The molecule has 1 amide bonds. The highest BCUT2D eigenvalue weighted by Gasteiger charge is 2.35. The van der Waals surface area contributed by atoms with Crippen LogP contribution in [0, 0.1) is 0 Å². The minimum atomic E-state index is -4.60. The van der Waals surface area contributed by atoms with Crippen LogP contribution in [0.15, 0.2) is 60.7 Å². The number of nitrogens with one attached hydrogen (secondary N) is 1. The van der Waals surface area contributed by atoms with E-state index in [1.807, 2.05) is 24.3 Å². The van der Waals surface area contributed by atoms with Crippen LogP contribution in [0.3, 0.4) is 0 Å². The molecule has 1 aliphatic heterocycles. The molecule has 1 fully saturated rings. The summed E-state index contributed by atoms with van der Waals surface area (Å²) in [6.45, 7) is 1.43. The van der Waals surface area contributed by atoms with E-state index in [1.54, 1.807) is 13.2 Å². The Morgan fingerprint density at radius 1 is 1.07 bits per heavy atom. The van der Waals surface area contributed by atoms with Crippen LogP contribution in [0.5, 0.6) is 5.75 Å². The first-order valence-electron chi connectivity index (χ1n) is 9.40. The van der Waals surface area contributed by atoms with Crippen molar-refractivity contribution in [3.05, 3.63) is 66.2 Å². The Labute approximate surface area is 168 Å². The lowest BCUT2D eigenvalue weighted by Crippen LogP contribution is -2.44. The first-order valence-corrected chi connectivity index (χ1v) is 9.40. The molecular formula is C22H23F3N2O2. The van der Waals surface area contributed by atoms with Crippen molar-refractivity contribution >= 4 is 17.2 Å². The van der Waals surface area contributed by atoms with Crippen LogP contribution in [0.2, 0.25) is 0 Å². The van der Waals surface area contributed by atoms with Crippen LogP contribution < -0.4 is 15.0 Å². The van der Waals surface area contributed by atoms with E-state index in [0.717, 1.165) is 11.4 Å². The van der Waals surface area contributed by atoms with Crippen LogP contribution in [0.1, 0.15) is 18.4 Å². The molecule has 0 aromatic heterocycles. The maximum absolute atomic E-state index is 13.4. The third-order valence-electron chi connectivity index (χ3n) is 4.94. The van der Waals surface area contributed by atoms with Crippen LogP contribution in [-0.2, 0) is 4.79 Å². The standard InChI is InChI=1S/C22H23F3N2O2/c1-29-19-9-7-18(8-10-19)27-13-11-17(12-14-27)26-21(28)15-20(22(23,24)25)16-5-3-2-4-6-16/h2-10,15,17H,11-14H2,1H3,(H,26,28)/b20-15-. The van der Waals surface area contributed by atoms with E-state index < -0.39 is 17.7 Å². The van der Waals surface area contributed by atoms with Crippen molar-refractivity contribution in [2.24, 2.45) is 0 Å². The topological polar surface area (TPSA) is 41.6 Å². The first kappa shape index (κ1) is 20.8. The molecule has 0 radical (unpaired) electrons. The molecule has 1 heterocycles. The molecule has 29 heavy (non-hydrogen) atoms. The number of methoxy groups -OCH3 is 1. The second-order valence-corrected chi connectivity index (χ2v) is 6.89. The van der Waals surface area contributed by atoms with Gasteiger partial charge in [0.2, 0.25) is 5.91 Å². The molecule has 1 aliphatic rings. The summed E-state index contributed by atoms with van der Waals surface area (Å²) in [5, 5.41) is 2.72. The predicted molar refractivity (Wildman–Crippen MR) is 107 cm³/mol. The number of benzene rings is 2. The molecule has 2 aromatic carbocycles. The lowest BCUT2D eigenvalue weighted by Gasteiger charge is -2.34. The summed E-state index contributed by atoms with van der Waals surface area (Å²) in [5.74, 6) is 0.0608. The third kappa shape index (κ3) is 5.53. The van der Waals surface area contributed by atoms with Gasteiger partial charge in [-0.15, -0.1) is 0 Å². The Morgan fingerprint density at radius 2 is 1.69 bits per heavy atom. The van der Waals surface area contributed by atoms with Crippen molar-refractivity contribution in [2.75, 3.05) is 25.1 Å². The number of rotatable bonds is 5. The van der Waals surface area contributed by atoms with E-state index in [2.05, 4.69) is 10.2 Å². The lowest BCUT2D eigenvalue weighted by atomic mass is 10.0. The molecule has 2 aromatic rings. The molecule has 7 heteroatoms. The van der Waals surface area contributed by atoms with E-state index in [-0.39, 0.29) is 11.6 Å². The molecule has 1 N–H and O–H groups in total. The molecule has 154 valence electrons. The van der Waals surface area contributed by atoms with Crippen molar-refractivity contribution in [1.82, 2.24) is 5.32 Å². The zero-order valence-corrected chi connectivity index (χ0v) is 16.1. The van der Waals surface area contributed by atoms with E-state index in [0.29, 0.717) is 32.0 Å². The van der Waals surface area contributed by atoms with Gasteiger partial charge in [0.15, 0.2) is 0 Å². The minimum absolute atomic E-state index is 0.0236. The smallest absolute Gasteiger partial charge is 0.417 e. The number of carbonyl (C=O) groups excluding carboxylic acids is 1. The Kier molecular flexibility index (Phi) is 6.46. The molecule has 3 rings (SSSR count). The molecular weight excluding hydrogens is 381 g/mol. The molecule has 0 spiro atoms. The highest BCUT2D eigenvalue weighted by Crippen LogP contribution is 2.33. The molecule has 0 bridgehead atoms. The molecule has 0 saturated carbocycles. The average molecular weight is 404 g/mol. The normalized spacial score (nSPS) is 15.9. The van der Waals surface area contributed by atoms with Gasteiger partial charge in [-0.25, -0.2) is 0 Å². The number of allylic oxidation sites excluding steroid dienone is 1. The van der Waals surface area contributed by atoms with Gasteiger partial charge in [0, 0.05) is 30.9 Å². The number of piperidine rings is 1. The Morgan fingerprint density at radius 3 is 2.24 bits per heavy atom. The summed E-state index contributed by atoms with van der Waals surface area (Å²) >= 11 is 0. The second-order valence-electron chi connectivity index (χ2n) is 6.89. The molecule has 0 aliphatic carbocycles. The molecule has 1 saturated heterocycles. The molecule has 0 atom stereocenters. The summed E-state index contributed by atoms with van der Waals surface area (Å²) in [4.78, 5) is 14.4. The summed E-state index contributed by atoms with van der Waals surface area (Å²) < 4.78 is 45.3. The fraction of sp³-hybridized carbons (Fsp3) is 0.318. The van der Waals surface area contributed by atoms with Crippen LogP contribution in [0.4, 0.5) is 18.9 Å². The SMILES string of the molecule is COc1ccc(N2CCC(NC(=O)/C=C(/c3ccccc3)C(F)(F)F)CC2)cc1. The monoisotopic (exact) mass is 404 g/mol. The highest BCUT2D eigenvalue weighted by atomic mass is 19.4. The van der Waals surface area contributed by atoms with Gasteiger partial charge in [-0.05, 0) is 42.7 Å². The summed E-state index contributed by atoms with van der Waals surface area (Å²) in [5.41, 5.74) is 0.0923. The Hall–Kier alpha value is -2.96. The predicted octanol–water partition coefficient (Wildman–Crippen LogP) is 4.43. The third-order valence-corrected chi connectivity index (χ3v) is 4.94. The number of ether oxygens (including phenoxy) is 1. The number of nitrogens with zero attached hydrogens (tertiary/aromatic N) is 1. The molecule has 0 unspecified atom stereocenters. The van der Waals surface area contributed by atoms with E-state index in [9.17, 15) is 18.0 Å². The highest BCUT2D eigenvalue weighted by molar-refractivity contribution is 5.96. The van der Waals surface area contributed by atoms with Crippen molar-refractivity contribution in [3.63, 3.8) is 0 Å². The van der Waals surface area contributed by atoms with Crippen LogP contribution in [-0.4, -0.2) is 38.3 Å². The second kappa shape index (κ2) is 9.03. The largest absolute Gasteiger partial charge is 0.497 e. The van der Waals surface area contributed by atoms with Gasteiger partial charge in [0.05, 0.1) is 12.7 Å². The van der Waals surface area contributed by atoms with Gasteiger partial charge in [0.1, 0.15) is 5.75 Å². The van der Waals surface area contributed by atoms with E-state index in [4.69, 9.17) is 4.74 Å². The number of amides is 1. The van der Waals surface area contributed by atoms with E-state index >= 15 is 0 Å². The number of hydrogen-bond donors (Lipinski definition) is 1. The first-order chi connectivity index (χ1) is 13.9. The van der Waals surface area contributed by atoms with Crippen molar-refractivity contribution in [2.45, 2.75) is 25.1 Å². The van der Waals surface area contributed by atoms with Gasteiger partial charge in [0.25, 0.3) is 0 Å². The number of hydrogen-bond acceptors (Lipinski definition) is 3. The van der Waals surface area contributed by atoms with Gasteiger partial charge < -0.3 is 15.0 Å². The fourth-order valence-electron chi connectivity index (χ4n) is 3.40. The summed E-state index contributed by atoms with van der Waals surface area (Å²) in [6.07, 6.45) is -2.61. The maximum Gasteiger partial charge on any atom is 0.417 e. The average Bonchev–Trinajstić information content (AvgIpc) is 2.72. The minimum Gasteiger partial charge on any atom is -0.497 e. The number of carbonyl (C=O) groups is 1. The van der Waals surface area contributed by atoms with Crippen LogP contribution in [0.25, 0.3) is 5.57 Å². The van der Waals surface area contributed by atoms with Gasteiger partial charge in [-0.2, -0.15) is 13.2 Å². The van der Waals surface area contributed by atoms with E-state index in [1.165, 1.54) is 24.3 Å². The fourth-order valence-corrected chi connectivity index (χ4v) is 3.40. The van der Waals surface area contributed by atoms with Crippen molar-refractivity contribution in [1.29, 1.82) is 0 Å². The summed E-state index contributed by atoms with van der Waals surface area (Å²) in [6, 6.07) is 14.9. The van der Waals surface area contributed by atoms with Crippen LogP contribution >= 0.6 is 0 Å². The number of halogens is 3. The Bertz CT molecular complexity index is 841. The van der Waals surface area contributed by atoms with Crippen molar-refractivity contribution in [3.8, 4) is 5.75 Å². The van der Waals surface area contributed by atoms with Gasteiger partial charge in [-0.1, -0.05) is 30.3 Å².